The van der Waals surface area contributed by atoms with Crippen molar-refractivity contribution in [2.45, 2.75) is 4.83 Å². The van der Waals surface area contributed by atoms with Gasteiger partial charge in [0.05, 0.1) is 4.83 Å². The van der Waals surface area contributed by atoms with Crippen LogP contribution in [0.2, 0.25) is 0 Å². The summed E-state index contributed by atoms with van der Waals surface area (Å²) in [7, 11) is 0. The first-order chi connectivity index (χ1) is 3.18. The summed E-state index contributed by atoms with van der Waals surface area (Å²) >= 11 is 6.29. The van der Waals surface area contributed by atoms with E-state index < -0.39 is 0 Å². The van der Waals surface area contributed by atoms with Crippen LogP contribution in [0.25, 0.3) is 0 Å². The molecular weight excluding hydrogens is 224 g/mol. The molecule has 0 aromatic carbocycles. The predicted molar refractivity (Wildman–Crippen MR) is 38.4 cm³/mol. The molecule has 0 aliphatic rings. The van der Waals surface area contributed by atoms with Crippen LogP contribution in [-0.2, 0) is 0 Å². The van der Waals surface area contributed by atoms with Gasteiger partial charge in [-0.15, -0.1) is 0 Å². The molecule has 0 aromatic heterocycles. The maximum absolute atomic E-state index is 6.80. The molecule has 0 heterocycles. The van der Waals surface area contributed by atoms with Crippen molar-refractivity contribution in [2.75, 3.05) is 5.33 Å². The summed E-state index contributed by atoms with van der Waals surface area (Å²) in [5, 5.41) is 7.50. The number of hydrogen-bond acceptors (Lipinski definition) is 1. The van der Waals surface area contributed by atoms with Crippen LogP contribution in [0.5, 0.6) is 0 Å². The molecule has 42 valence electrons. The Hall–Kier alpha value is 0.430. The second kappa shape index (κ2) is 3.43. The maximum Gasteiger partial charge on any atom is 0.105 e. The first kappa shape index (κ1) is 7.43. The monoisotopic (exact) mass is 228 g/mol. The average molecular weight is 230 g/mol. The van der Waals surface area contributed by atoms with E-state index in [0.717, 1.165) is 0 Å². The Morgan fingerprint density at radius 3 is 2.29 bits per heavy atom. The van der Waals surface area contributed by atoms with Gasteiger partial charge in [0.15, 0.2) is 0 Å². The van der Waals surface area contributed by atoms with Gasteiger partial charge in [0.25, 0.3) is 0 Å². The van der Waals surface area contributed by atoms with Gasteiger partial charge in [-0.2, -0.15) is 0 Å². The van der Waals surface area contributed by atoms with E-state index in [1.807, 2.05) is 0 Å². The van der Waals surface area contributed by atoms with E-state index in [2.05, 4.69) is 31.9 Å². The number of rotatable bonds is 2. The number of nitrogens with one attached hydrogen (secondary N) is 1. The summed E-state index contributed by atoms with van der Waals surface area (Å²) in [5.74, 6) is 0.164. The summed E-state index contributed by atoms with van der Waals surface area (Å²) in [6, 6.07) is 0. The highest BCUT2D eigenvalue weighted by molar-refractivity contribution is 9.12. The molecule has 0 fully saturated rings. The quantitative estimate of drug-likeness (QED) is 0.416. The van der Waals surface area contributed by atoms with Gasteiger partial charge in [0, 0.05) is 5.33 Å². The maximum atomic E-state index is 6.80. The molecule has 0 saturated carbocycles. The highest BCUT2D eigenvalue weighted by Crippen LogP contribution is 2.00. The van der Waals surface area contributed by atoms with Crippen molar-refractivity contribution in [1.82, 2.24) is 0 Å². The van der Waals surface area contributed by atoms with Crippen LogP contribution in [0.3, 0.4) is 0 Å². The van der Waals surface area contributed by atoms with Crippen LogP contribution in [0.4, 0.5) is 0 Å². The standard InChI is InChI=1S/C3H6Br2N2/c4-1-2(5)3(6)7/h2H,1H2,(H3,6,7). The highest BCUT2D eigenvalue weighted by atomic mass is 79.9. The van der Waals surface area contributed by atoms with E-state index >= 15 is 0 Å². The van der Waals surface area contributed by atoms with Crippen LogP contribution in [-0.4, -0.2) is 16.0 Å². The minimum absolute atomic E-state index is 0.00694. The Bertz CT molecular complexity index is 73.3. The molecule has 2 nitrogen and oxygen atoms in total. The highest BCUT2D eigenvalue weighted by Gasteiger charge is 2.01. The SMILES string of the molecule is N=C(N)C(Br)CBr. The molecule has 0 aliphatic heterocycles. The fourth-order valence-corrected chi connectivity index (χ4v) is 0.432. The number of alkyl halides is 2. The van der Waals surface area contributed by atoms with E-state index in [9.17, 15) is 0 Å². The molecule has 4 heteroatoms. The molecule has 0 rings (SSSR count). The van der Waals surface area contributed by atoms with Crippen molar-refractivity contribution in [3.63, 3.8) is 0 Å². The van der Waals surface area contributed by atoms with Gasteiger partial charge in [0.2, 0.25) is 0 Å². The van der Waals surface area contributed by atoms with E-state index in [4.69, 9.17) is 11.1 Å². The first-order valence-electron chi connectivity index (χ1n) is 1.72. The van der Waals surface area contributed by atoms with Gasteiger partial charge in [0.1, 0.15) is 5.84 Å². The predicted octanol–water partition coefficient (Wildman–Crippen LogP) is 1.08. The third-order valence-corrected chi connectivity index (χ3v) is 2.81. The largest absolute Gasteiger partial charge is 0.387 e. The molecule has 0 amide bonds. The lowest BCUT2D eigenvalue weighted by molar-refractivity contribution is 1.27. The summed E-state index contributed by atoms with van der Waals surface area (Å²) in [4.78, 5) is -0.00694. The van der Waals surface area contributed by atoms with Gasteiger partial charge >= 0.3 is 0 Å². The Labute approximate surface area is 59.2 Å². The van der Waals surface area contributed by atoms with Crippen LogP contribution < -0.4 is 5.73 Å². The number of nitrogens with two attached hydrogens (primary N) is 1. The van der Waals surface area contributed by atoms with E-state index in [-0.39, 0.29) is 10.7 Å². The van der Waals surface area contributed by atoms with Gasteiger partial charge in [-0.25, -0.2) is 0 Å². The molecule has 0 saturated heterocycles. The van der Waals surface area contributed by atoms with Gasteiger partial charge < -0.3 is 5.73 Å². The normalized spacial score (nSPS) is 13.4. The fraction of sp³-hybridized carbons (Fsp3) is 0.667. The minimum Gasteiger partial charge on any atom is -0.387 e. The molecule has 0 spiro atoms. The number of hydrogen-bond donors (Lipinski definition) is 2. The van der Waals surface area contributed by atoms with Crippen molar-refractivity contribution in [3.8, 4) is 0 Å². The zero-order chi connectivity index (χ0) is 5.86. The summed E-state index contributed by atoms with van der Waals surface area (Å²) in [5.41, 5.74) is 5.05. The molecule has 0 radical (unpaired) electrons. The summed E-state index contributed by atoms with van der Waals surface area (Å²) in [6.07, 6.45) is 0. The smallest absolute Gasteiger partial charge is 0.105 e. The lowest BCUT2D eigenvalue weighted by Crippen LogP contribution is -2.23. The van der Waals surface area contributed by atoms with Gasteiger partial charge in [-0.3, -0.25) is 5.41 Å². The summed E-state index contributed by atoms with van der Waals surface area (Å²) in [6.45, 7) is 0. The molecule has 1 atom stereocenters. The van der Waals surface area contributed by atoms with E-state index in [0.29, 0.717) is 5.33 Å². The Morgan fingerprint density at radius 2 is 2.29 bits per heavy atom. The average Bonchev–Trinajstić information content (AvgIpc) is 1.65. The van der Waals surface area contributed by atoms with Gasteiger partial charge in [-0.05, 0) is 0 Å². The van der Waals surface area contributed by atoms with Crippen LogP contribution in [0.1, 0.15) is 0 Å². The molecule has 0 aromatic rings. The number of halogens is 2. The molecule has 0 bridgehead atoms. The molecule has 7 heavy (non-hydrogen) atoms. The van der Waals surface area contributed by atoms with Crippen LogP contribution >= 0.6 is 31.9 Å². The van der Waals surface area contributed by atoms with Gasteiger partial charge in [-0.1, -0.05) is 31.9 Å². The molecule has 3 N–H and O–H groups in total. The lowest BCUT2D eigenvalue weighted by Gasteiger charge is -1.98. The van der Waals surface area contributed by atoms with Crippen molar-refractivity contribution in [1.29, 1.82) is 5.41 Å². The second-order valence-electron chi connectivity index (χ2n) is 1.08. The van der Waals surface area contributed by atoms with Crippen molar-refractivity contribution in [3.05, 3.63) is 0 Å². The van der Waals surface area contributed by atoms with Crippen molar-refractivity contribution >= 4 is 37.7 Å². The Kier molecular flexibility index (Phi) is 3.65. The third kappa shape index (κ3) is 3.05. The topological polar surface area (TPSA) is 49.9 Å². The van der Waals surface area contributed by atoms with Crippen LogP contribution in [0, 0.1) is 5.41 Å². The molecule has 0 aliphatic carbocycles. The third-order valence-electron chi connectivity index (χ3n) is 0.473. The van der Waals surface area contributed by atoms with Crippen LogP contribution in [0.15, 0.2) is 0 Å². The van der Waals surface area contributed by atoms with Crippen molar-refractivity contribution < 1.29 is 0 Å². The van der Waals surface area contributed by atoms with Crippen molar-refractivity contribution in [2.24, 2.45) is 5.73 Å². The zero-order valence-electron chi connectivity index (χ0n) is 3.62. The lowest BCUT2D eigenvalue weighted by atomic mass is 10.5. The minimum atomic E-state index is -0.00694. The van der Waals surface area contributed by atoms with E-state index in [1.165, 1.54) is 0 Å². The second-order valence-corrected chi connectivity index (χ2v) is 2.83. The number of amidine groups is 1. The van der Waals surface area contributed by atoms with E-state index in [1.54, 1.807) is 0 Å². The fourth-order valence-electron chi connectivity index (χ4n) is 0.0831. The molecule has 1 unspecified atom stereocenters. The Morgan fingerprint density at radius 1 is 1.86 bits per heavy atom. The summed E-state index contributed by atoms with van der Waals surface area (Å²) < 4.78 is 0. The first-order valence-corrected chi connectivity index (χ1v) is 3.76. The zero-order valence-corrected chi connectivity index (χ0v) is 6.79. The molecular formula is C3H6Br2N2. The Balaban J connectivity index is 3.34.